The van der Waals surface area contributed by atoms with Crippen LogP contribution in [0.2, 0.25) is 5.02 Å². The fraction of sp³-hybridized carbons (Fsp3) is 0.565. The Morgan fingerprint density at radius 3 is 2.57 bits per heavy atom. The van der Waals surface area contributed by atoms with Gasteiger partial charge in [-0.15, -0.1) is 0 Å². The van der Waals surface area contributed by atoms with E-state index in [0.29, 0.717) is 19.4 Å². The highest BCUT2D eigenvalue weighted by atomic mass is 35.5. The number of aliphatic carboxylic acids is 1. The Balaban J connectivity index is 2.18. The molecular weight excluding hydrogens is 374 g/mol. The zero-order chi connectivity index (χ0) is 21.1. The van der Waals surface area contributed by atoms with Crippen LogP contribution in [0.3, 0.4) is 0 Å². The maximum absolute atomic E-state index is 12.7. The Bertz CT molecular complexity index is 779. The minimum atomic E-state index is -0.837. The van der Waals surface area contributed by atoms with Crippen LogP contribution in [-0.2, 0) is 21.4 Å². The first-order chi connectivity index (χ1) is 12.9. The summed E-state index contributed by atoms with van der Waals surface area (Å²) < 4.78 is 0. The molecule has 1 heterocycles. The van der Waals surface area contributed by atoms with Crippen molar-refractivity contribution in [1.29, 1.82) is 0 Å². The molecule has 154 valence electrons. The van der Waals surface area contributed by atoms with Gasteiger partial charge in [0.2, 0.25) is 5.91 Å². The summed E-state index contributed by atoms with van der Waals surface area (Å²) in [4.78, 5) is 25.0. The molecule has 0 fully saturated rings. The molecule has 1 N–H and O–H groups in total. The quantitative estimate of drug-likeness (QED) is 0.644. The number of halogens is 1. The van der Waals surface area contributed by atoms with Gasteiger partial charge < -0.3 is 10.0 Å². The van der Waals surface area contributed by atoms with E-state index in [1.807, 2.05) is 19.2 Å². The molecule has 0 bridgehead atoms. The molecule has 4 nitrogen and oxygen atoms in total. The molecule has 1 aromatic rings. The van der Waals surface area contributed by atoms with Gasteiger partial charge in [0, 0.05) is 36.0 Å². The average Bonchev–Trinajstić information content (AvgIpc) is 2.57. The summed E-state index contributed by atoms with van der Waals surface area (Å²) in [5.74, 6) is -0.817. The normalized spacial score (nSPS) is 20.3. The van der Waals surface area contributed by atoms with Crippen LogP contribution in [-0.4, -0.2) is 28.4 Å². The number of carbonyl (C=O) groups is 2. The number of carboxylic acid groups (broad SMARTS) is 1. The molecule has 5 heteroatoms. The monoisotopic (exact) mass is 405 g/mol. The standard InChI is InChI=1S/C23H32ClNO3/c1-16-15-25(12-6-7-21(27)28)20(26)14-23(16,5)18-9-8-17(19(24)13-18)10-11-22(2,3)4/h8-9,13,15H,6-7,10-12,14H2,1-5H3,(H,27,28)/t23-/m0/s1. The van der Waals surface area contributed by atoms with E-state index in [-0.39, 0.29) is 17.7 Å². The first-order valence-electron chi connectivity index (χ1n) is 9.91. The maximum Gasteiger partial charge on any atom is 0.303 e. The molecule has 28 heavy (non-hydrogen) atoms. The van der Waals surface area contributed by atoms with Crippen molar-refractivity contribution in [3.8, 4) is 0 Å². The number of benzene rings is 1. The number of amides is 1. The molecule has 1 aliphatic heterocycles. The molecule has 0 aliphatic carbocycles. The molecule has 0 aromatic heterocycles. The lowest BCUT2D eigenvalue weighted by molar-refractivity contribution is -0.138. The van der Waals surface area contributed by atoms with Crippen LogP contribution in [0.5, 0.6) is 0 Å². The summed E-state index contributed by atoms with van der Waals surface area (Å²) >= 11 is 6.58. The number of allylic oxidation sites excluding steroid dienone is 1. The van der Waals surface area contributed by atoms with Gasteiger partial charge in [0.15, 0.2) is 0 Å². The Labute approximate surface area is 173 Å². The van der Waals surface area contributed by atoms with E-state index in [0.717, 1.165) is 34.6 Å². The Kier molecular flexibility index (Phi) is 6.97. The highest BCUT2D eigenvalue weighted by Crippen LogP contribution is 2.40. The predicted molar refractivity (Wildman–Crippen MR) is 114 cm³/mol. The van der Waals surface area contributed by atoms with E-state index in [2.05, 4.69) is 39.8 Å². The van der Waals surface area contributed by atoms with Crippen LogP contribution < -0.4 is 0 Å². The minimum absolute atomic E-state index is 0.0198. The number of aryl methyl sites for hydroxylation is 1. The van der Waals surface area contributed by atoms with Crippen LogP contribution in [0.4, 0.5) is 0 Å². The molecule has 1 amide bonds. The number of nitrogens with zero attached hydrogens (tertiary/aromatic N) is 1. The number of carboxylic acids is 1. The van der Waals surface area contributed by atoms with E-state index in [1.165, 1.54) is 0 Å². The molecular formula is C23H32ClNO3. The lowest BCUT2D eigenvalue weighted by Gasteiger charge is -2.38. The van der Waals surface area contributed by atoms with Crippen molar-refractivity contribution in [1.82, 2.24) is 4.90 Å². The van der Waals surface area contributed by atoms with Crippen molar-refractivity contribution in [2.45, 2.75) is 72.1 Å². The van der Waals surface area contributed by atoms with E-state index < -0.39 is 11.4 Å². The van der Waals surface area contributed by atoms with Gasteiger partial charge in [-0.25, -0.2) is 0 Å². The number of carbonyl (C=O) groups excluding carboxylic acids is 1. The second-order valence-corrected chi connectivity index (χ2v) is 9.68. The highest BCUT2D eigenvalue weighted by molar-refractivity contribution is 6.31. The van der Waals surface area contributed by atoms with Crippen molar-refractivity contribution in [3.05, 3.63) is 46.1 Å². The van der Waals surface area contributed by atoms with Gasteiger partial charge >= 0.3 is 5.97 Å². The van der Waals surface area contributed by atoms with Crippen molar-refractivity contribution >= 4 is 23.5 Å². The molecule has 2 rings (SSSR count). The fourth-order valence-corrected chi connectivity index (χ4v) is 3.79. The fourth-order valence-electron chi connectivity index (χ4n) is 3.51. The molecule has 0 radical (unpaired) electrons. The smallest absolute Gasteiger partial charge is 0.303 e. The third-order valence-corrected chi connectivity index (χ3v) is 6.02. The predicted octanol–water partition coefficient (Wildman–Crippen LogP) is 5.58. The maximum atomic E-state index is 12.7. The number of hydrogen-bond donors (Lipinski definition) is 1. The van der Waals surface area contributed by atoms with Gasteiger partial charge in [0.05, 0.1) is 0 Å². The van der Waals surface area contributed by atoms with Gasteiger partial charge in [-0.05, 0) is 54.4 Å². The molecule has 1 aromatic carbocycles. The topological polar surface area (TPSA) is 57.6 Å². The van der Waals surface area contributed by atoms with Gasteiger partial charge in [0.1, 0.15) is 0 Å². The summed E-state index contributed by atoms with van der Waals surface area (Å²) in [5.41, 5.74) is 3.13. The Hall–Kier alpha value is -1.81. The molecule has 0 saturated heterocycles. The average molecular weight is 406 g/mol. The summed E-state index contributed by atoms with van der Waals surface area (Å²) in [5, 5.41) is 9.55. The molecule has 0 spiro atoms. The summed E-state index contributed by atoms with van der Waals surface area (Å²) in [6, 6.07) is 6.19. The van der Waals surface area contributed by atoms with Crippen molar-refractivity contribution in [2.24, 2.45) is 5.41 Å². The van der Waals surface area contributed by atoms with Crippen LogP contribution in [0.25, 0.3) is 0 Å². The largest absolute Gasteiger partial charge is 0.481 e. The summed E-state index contributed by atoms with van der Waals surface area (Å²) in [6.45, 7) is 11.2. The summed E-state index contributed by atoms with van der Waals surface area (Å²) in [6.07, 6.45) is 4.75. The third-order valence-electron chi connectivity index (χ3n) is 5.67. The van der Waals surface area contributed by atoms with Crippen LogP contribution in [0.1, 0.15) is 71.4 Å². The number of hydrogen-bond acceptors (Lipinski definition) is 2. The van der Waals surface area contributed by atoms with Crippen molar-refractivity contribution < 1.29 is 14.7 Å². The van der Waals surface area contributed by atoms with Crippen molar-refractivity contribution in [2.75, 3.05) is 6.54 Å². The second kappa shape index (κ2) is 8.69. The molecule has 0 saturated carbocycles. The Morgan fingerprint density at radius 1 is 1.32 bits per heavy atom. The van der Waals surface area contributed by atoms with Crippen LogP contribution in [0, 0.1) is 5.41 Å². The van der Waals surface area contributed by atoms with Crippen LogP contribution >= 0.6 is 11.6 Å². The molecule has 0 unspecified atom stereocenters. The van der Waals surface area contributed by atoms with Gasteiger partial charge in [0.25, 0.3) is 0 Å². The van der Waals surface area contributed by atoms with E-state index in [4.69, 9.17) is 16.7 Å². The third kappa shape index (κ3) is 5.60. The van der Waals surface area contributed by atoms with Gasteiger partial charge in [-0.1, -0.05) is 51.4 Å². The lowest BCUT2D eigenvalue weighted by Crippen LogP contribution is -2.40. The van der Waals surface area contributed by atoms with E-state index >= 15 is 0 Å². The second-order valence-electron chi connectivity index (χ2n) is 9.27. The highest BCUT2D eigenvalue weighted by Gasteiger charge is 2.37. The Morgan fingerprint density at radius 2 is 2.00 bits per heavy atom. The minimum Gasteiger partial charge on any atom is -0.481 e. The lowest BCUT2D eigenvalue weighted by atomic mass is 9.72. The van der Waals surface area contributed by atoms with Crippen molar-refractivity contribution in [3.63, 3.8) is 0 Å². The van der Waals surface area contributed by atoms with Gasteiger partial charge in [-0.3, -0.25) is 9.59 Å². The van der Waals surface area contributed by atoms with Crippen LogP contribution in [0.15, 0.2) is 30.0 Å². The van der Waals surface area contributed by atoms with E-state index in [1.54, 1.807) is 4.90 Å². The zero-order valence-corrected chi connectivity index (χ0v) is 18.4. The molecule has 1 atom stereocenters. The van der Waals surface area contributed by atoms with Gasteiger partial charge in [-0.2, -0.15) is 0 Å². The zero-order valence-electron chi connectivity index (χ0n) is 17.6. The number of rotatable bonds is 7. The van der Waals surface area contributed by atoms with E-state index in [9.17, 15) is 9.59 Å². The first kappa shape index (κ1) is 22.5. The molecule has 1 aliphatic rings. The summed E-state index contributed by atoms with van der Waals surface area (Å²) in [7, 11) is 0. The first-order valence-corrected chi connectivity index (χ1v) is 10.3. The SMILES string of the molecule is CC1=CN(CCCC(=O)O)C(=O)C[C@]1(C)c1ccc(CCC(C)(C)C)c(Cl)c1.